The summed E-state index contributed by atoms with van der Waals surface area (Å²) in [5.41, 5.74) is 1.16. The van der Waals surface area contributed by atoms with Crippen molar-refractivity contribution in [2.75, 3.05) is 29.7 Å². The summed E-state index contributed by atoms with van der Waals surface area (Å²) in [5.74, 6) is 2.15. The van der Waals surface area contributed by atoms with Crippen molar-refractivity contribution in [2.24, 2.45) is 0 Å². The summed E-state index contributed by atoms with van der Waals surface area (Å²) in [6.45, 7) is 5.66. The highest BCUT2D eigenvalue weighted by atomic mass is 32.2. The number of para-hydroxylation sites is 1. The van der Waals surface area contributed by atoms with Crippen LogP contribution in [0.5, 0.6) is 0 Å². The Bertz CT molecular complexity index is 506. The fourth-order valence-electron chi connectivity index (χ4n) is 2.52. The van der Waals surface area contributed by atoms with E-state index in [1.165, 1.54) is 9.81 Å². The number of fused-ring (bicyclic) bond motifs is 1. The average molecular weight is 323 g/mol. The van der Waals surface area contributed by atoms with E-state index in [1.54, 1.807) is 0 Å². The van der Waals surface area contributed by atoms with Crippen molar-refractivity contribution in [2.45, 2.75) is 26.2 Å². The van der Waals surface area contributed by atoms with Crippen LogP contribution in [0.4, 0.5) is 5.69 Å². The highest BCUT2D eigenvalue weighted by Gasteiger charge is 2.48. The summed E-state index contributed by atoms with van der Waals surface area (Å²) < 4.78 is 11.9. The van der Waals surface area contributed by atoms with Crippen molar-refractivity contribution in [3.8, 4) is 0 Å². The lowest BCUT2D eigenvalue weighted by atomic mass is 10.2. The molecular formula is C16H21NO2S2. The maximum absolute atomic E-state index is 6.00. The number of nitrogens with zero attached hydrogens (tertiary/aromatic N) is 1. The van der Waals surface area contributed by atoms with Gasteiger partial charge in [-0.15, -0.1) is 23.5 Å². The van der Waals surface area contributed by atoms with Crippen molar-refractivity contribution in [3.05, 3.63) is 40.1 Å². The van der Waals surface area contributed by atoms with Gasteiger partial charge in [0.05, 0.1) is 6.61 Å². The molecule has 0 amide bonds. The Hall–Kier alpha value is -0.620. The molecule has 0 radical (unpaired) electrons. The van der Waals surface area contributed by atoms with Crippen molar-refractivity contribution < 1.29 is 9.47 Å². The molecule has 0 bridgehead atoms. The molecule has 2 aliphatic heterocycles. The van der Waals surface area contributed by atoms with Crippen LogP contribution in [0.25, 0.3) is 0 Å². The van der Waals surface area contributed by atoms with Gasteiger partial charge in [-0.3, -0.25) is 0 Å². The number of rotatable bonds is 5. The van der Waals surface area contributed by atoms with E-state index < -0.39 is 0 Å². The van der Waals surface area contributed by atoms with Gasteiger partial charge >= 0.3 is 0 Å². The third-order valence-corrected chi connectivity index (χ3v) is 5.66. The van der Waals surface area contributed by atoms with Crippen LogP contribution in [-0.4, -0.2) is 37.2 Å². The van der Waals surface area contributed by atoms with Gasteiger partial charge in [-0.1, -0.05) is 32.0 Å². The number of hydrogen-bond acceptors (Lipinski definition) is 5. The Morgan fingerprint density at radius 1 is 1.14 bits per heavy atom. The van der Waals surface area contributed by atoms with E-state index in [0.717, 1.165) is 17.2 Å². The highest BCUT2D eigenvalue weighted by Crippen LogP contribution is 2.44. The van der Waals surface area contributed by atoms with Gasteiger partial charge in [0.15, 0.2) is 6.23 Å². The Kier molecular flexibility index (Phi) is 5.16. The summed E-state index contributed by atoms with van der Waals surface area (Å²) in [4.78, 5) is 4.94. The second-order valence-corrected chi connectivity index (χ2v) is 7.55. The standard InChI is InChI=1S/C16H21NO2S2/c1-3-20-13-10-18-11-17(12-8-6-5-7-9-12)16-14(19-16)15(13)21-4-2/h5-9,14,16H,3-4,10-11H2,1-2H3. The van der Waals surface area contributed by atoms with E-state index >= 15 is 0 Å². The van der Waals surface area contributed by atoms with Gasteiger partial charge in [-0.25, -0.2) is 0 Å². The molecule has 2 unspecified atom stereocenters. The zero-order chi connectivity index (χ0) is 14.7. The van der Waals surface area contributed by atoms with Crippen LogP contribution in [-0.2, 0) is 9.47 Å². The maximum atomic E-state index is 6.00. The second-order valence-electron chi connectivity index (χ2n) is 4.88. The summed E-state index contributed by atoms with van der Waals surface area (Å²) in [5, 5.41) is 0. The zero-order valence-electron chi connectivity index (χ0n) is 12.5. The molecule has 2 heterocycles. The molecular weight excluding hydrogens is 302 g/mol. The molecule has 0 aliphatic carbocycles. The second kappa shape index (κ2) is 7.09. The quantitative estimate of drug-likeness (QED) is 0.765. The first-order valence-electron chi connectivity index (χ1n) is 7.38. The lowest BCUT2D eigenvalue weighted by Gasteiger charge is -2.25. The molecule has 0 spiro atoms. The van der Waals surface area contributed by atoms with Gasteiger partial charge in [-0.05, 0) is 23.6 Å². The van der Waals surface area contributed by atoms with Crippen LogP contribution < -0.4 is 4.90 Å². The van der Waals surface area contributed by atoms with Gasteiger partial charge in [0.1, 0.15) is 12.8 Å². The van der Waals surface area contributed by atoms with Crippen LogP contribution >= 0.6 is 23.5 Å². The first-order valence-corrected chi connectivity index (χ1v) is 9.35. The molecule has 1 saturated heterocycles. The van der Waals surface area contributed by atoms with Crippen LogP contribution in [0.15, 0.2) is 40.1 Å². The molecule has 5 heteroatoms. The SMILES string of the molecule is CCSC1=C(SCC)C2OC2N(c2ccccc2)COC1. The molecule has 0 saturated carbocycles. The molecule has 1 aromatic rings. The highest BCUT2D eigenvalue weighted by molar-refractivity contribution is 8.06. The fraction of sp³-hybridized carbons (Fsp3) is 0.500. The molecule has 1 fully saturated rings. The molecule has 2 aliphatic rings. The van der Waals surface area contributed by atoms with Crippen LogP contribution in [0.2, 0.25) is 0 Å². The van der Waals surface area contributed by atoms with E-state index in [4.69, 9.17) is 9.47 Å². The summed E-state index contributed by atoms with van der Waals surface area (Å²) in [7, 11) is 0. The van der Waals surface area contributed by atoms with E-state index in [1.807, 2.05) is 29.6 Å². The molecule has 0 aromatic heterocycles. The zero-order valence-corrected chi connectivity index (χ0v) is 14.1. The number of benzene rings is 1. The lowest BCUT2D eigenvalue weighted by molar-refractivity contribution is 0.151. The van der Waals surface area contributed by atoms with E-state index in [9.17, 15) is 0 Å². The minimum absolute atomic E-state index is 0.120. The molecule has 2 atom stereocenters. The Balaban J connectivity index is 1.83. The first-order chi connectivity index (χ1) is 10.3. The van der Waals surface area contributed by atoms with Crippen molar-refractivity contribution >= 4 is 29.2 Å². The van der Waals surface area contributed by atoms with Crippen LogP contribution in [0.3, 0.4) is 0 Å². The fourth-order valence-corrected chi connectivity index (χ4v) is 4.51. The lowest BCUT2D eigenvalue weighted by Crippen LogP contribution is -2.33. The Morgan fingerprint density at radius 2 is 1.90 bits per heavy atom. The summed E-state index contributed by atoms with van der Waals surface area (Å²) in [6, 6.07) is 10.4. The summed E-state index contributed by atoms with van der Waals surface area (Å²) >= 11 is 3.78. The molecule has 0 N–H and O–H groups in total. The first kappa shape index (κ1) is 15.3. The monoisotopic (exact) mass is 323 g/mol. The minimum atomic E-state index is 0.120. The van der Waals surface area contributed by atoms with Crippen molar-refractivity contribution in [1.29, 1.82) is 0 Å². The average Bonchev–Trinajstić information content (AvgIpc) is 3.27. The molecule has 114 valence electrons. The van der Waals surface area contributed by atoms with Gasteiger partial charge in [-0.2, -0.15) is 0 Å². The normalized spacial score (nSPS) is 25.3. The van der Waals surface area contributed by atoms with E-state index in [-0.39, 0.29) is 12.3 Å². The minimum Gasteiger partial charge on any atom is -0.356 e. The van der Waals surface area contributed by atoms with Gasteiger partial charge in [0, 0.05) is 15.5 Å². The Labute approximate surface area is 135 Å². The van der Waals surface area contributed by atoms with Crippen LogP contribution in [0, 0.1) is 0 Å². The maximum Gasteiger partial charge on any atom is 0.164 e. The number of hydrogen-bond donors (Lipinski definition) is 0. The topological polar surface area (TPSA) is 25.0 Å². The van der Waals surface area contributed by atoms with Gasteiger partial charge < -0.3 is 14.4 Å². The summed E-state index contributed by atoms with van der Waals surface area (Å²) in [6.07, 6.45) is 0.335. The van der Waals surface area contributed by atoms with Crippen molar-refractivity contribution in [1.82, 2.24) is 0 Å². The smallest absolute Gasteiger partial charge is 0.164 e. The van der Waals surface area contributed by atoms with Crippen LogP contribution in [0.1, 0.15) is 13.8 Å². The third kappa shape index (κ3) is 3.42. The largest absolute Gasteiger partial charge is 0.356 e. The number of epoxide rings is 1. The van der Waals surface area contributed by atoms with E-state index in [0.29, 0.717) is 13.3 Å². The number of ether oxygens (including phenoxy) is 2. The molecule has 3 nitrogen and oxygen atoms in total. The Morgan fingerprint density at radius 3 is 2.62 bits per heavy atom. The van der Waals surface area contributed by atoms with E-state index in [2.05, 4.69) is 43.0 Å². The van der Waals surface area contributed by atoms with Crippen molar-refractivity contribution in [3.63, 3.8) is 0 Å². The molecule has 3 rings (SSSR count). The number of thioether (sulfide) groups is 2. The molecule has 21 heavy (non-hydrogen) atoms. The third-order valence-electron chi connectivity index (χ3n) is 3.48. The van der Waals surface area contributed by atoms with Gasteiger partial charge in [0.25, 0.3) is 0 Å². The number of anilines is 1. The predicted octanol–water partition coefficient (Wildman–Crippen LogP) is 3.92. The predicted molar refractivity (Wildman–Crippen MR) is 91.7 cm³/mol. The molecule has 1 aromatic carbocycles. The van der Waals surface area contributed by atoms with Gasteiger partial charge in [0.2, 0.25) is 0 Å².